The molecule has 0 atom stereocenters. The zero-order valence-electron chi connectivity index (χ0n) is 14.1. The third-order valence-corrected chi connectivity index (χ3v) is 5.69. The lowest BCUT2D eigenvalue weighted by Crippen LogP contribution is -2.41. The molecule has 1 aliphatic heterocycles. The van der Waals surface area contributed by atoms with Gasteiger partial charge < -0.3 is 14.6 Å². The van der Waals surface area contributed by atoms with Crippen molar-refractivity contribution in [3.63, 3.8) is 0 Å². The minimum absolute atomic E-state index is 0.0402. The lowest BCUT2D eigenvalue weighted by atomic mass is 9.79. The number of nitrogens with zero attached hydrogens (tertiary/aromatic N) is 1. The van der Waals surface area contributed by atoms with Crippen molar-refractivity contribution in [1.82, 2.24) is 10.3 Å². The van der Waals surface area contributed by atoms with E-state index in [1.54, 1.807) is 17.5 Å². The summed E-state index contributed by atoms with van der Waals surface area (Å²) in [4.78, 5) is 16.6. The Hall–Kier alpha value is -1.44. The van der Waals surface area contributed by atoms with E-state index < -0.39 is 7.12 Å². The van der Waals surface area contributed by atoms with Gasteiger partial charge in [-0.2, -0.15) is 0 Å². The highest BCUT2D eigenvalue weighted by atomic mass is 32.1. The Labute approximate surface area is 140 Å². The molecule has 5 nitrogen and oxygen atoms in total. The van der Waals surface area contributed by atoms with Crippen LogP contribution in [0.1, 0.15) is 39.5 Å². The van der Waals surface area contributed by atoms with Crippen LogP contribution in [0, 0.1) is 0 Å². The van der Waals surface area contributed by atoms with Gasteiger partial charge in [-0.15, -0.1) is 11.3 Å². The third-order valence-electron chi connectivity index (χ3n) is 4.51. The predicted octanol–water partition coefficient (Wildman–Crippen LogP) is 2.23. The van der Waals surface area contributed by atoms with E-state index in [1.807, 2.05) is 39.8 Å². The number of amides is 1. The predicted molar refractivity (Wildman–Crippen MR) is 92.9 cm³/mol. The second-order valence-electron chi connectivity index (χ2n) is 6.83. The maximum Gasteiger partial charge on any atom is 0.496 e. The molecule has 0 bridgehead atoms. The quantitative estimate of drug-likeness (QED) is 0.876. The molecule has 1 amide bonds. The van der Waals surface area contributed by atoms with Crippen LogP contribution in [0.15, 0.2) is 18.3 Å². The number of rotatable bonds is 3. The topological polar surface area (TPSA) is 60.5 Å². The van der Waals surface area contributed by atoms with Crippen LogP contribution >= 0.6 is 11.3 Å². The smallest absolute Gasteiger partial charge is 0.399 e. The average Bonchev–Trinajstić information content (AvgIpc) is 2.94. The van der Waals surface area contributed by atoms with E-state index >= 15 is 0 Å². The van der Waals surface area contributed by atoms with Crippen LogP contribution in [0.3, 0.4) is 0 Å². The average molecular weight is 332 g/mol. The van der Waals surface area contributed by atoms with Crippen molar-refractivity contribution < 1.29 is 14.1 Å². The molecule has 0 spiro atoms. The van der Waals surface area contributed by atoms with E-state index in [0.29, 0.717) is 6.54 Å². The number of hydrogen-bond donors (Lipinski definition) is 1. The number of carbonyl (C=O) groups excluding carboxylic acids is 1. The zero-order valence-corrected chi connectivity index (χ0v) is 14.9. The van der Waals surface area contributed by atoms with Gasteiger partial charge >= 0.3 is 7.12 Å². The number of carbonyl (C=O) groups is 1. The standard InChI is InChI=1S/C16H21BN2O3S/c1-10(20)19-9-11-8-13-14(23-11)12(6-7-18-13)17-21-15(2,3)16(4,5)22-17/h6-8H,9H2,1-5H3,(H,19,20). The summed E-state index contributed by atoms with van der Waals surface area (Å²) in [6, 6.07) is 3.95. The molecule has 0 aromatic carbocycles. The molecule has 122 valence electrons. The lowest BCUT2D eigenvalue weighted by molar-refractivity contribution is -0.119. The van der Waals surface area contributed by atoms with Crippen LogP contribution in [0.2, 0.25) is 0 Å². The summed E-state index contributed by atoms with van der Waals surface area (Å²) < 4.78 is 13.4. The number of thiophene rings is 1. The molecule has 1 N–H and O–H groups in total. The monoisotopic (exact) mass is 332 g/mol. The van der Waals surface area contributed by atoms with Crippen molar-refractivity contribution in [2.24, 2.45) is 0 Å². The highest BCUT2D eigenvalue weighted by Crippen LogP contribution is 2.37. The van der Waals surface area contributed by atoms with Gasteiger partial charge in [-0.1, -0.05) is 0 Å². The van der Waals surface area contributed by atoms with Crippen LogP contribution in [0.25, 0.3) is 10.2 Å². The molecule has 2 aromatic heterocycles. The van der Waals surface area contributed by atoms with E-state index in [0.717, 1.165) is 20.6 Å². The highest BCUT2D eigenvalue weighted by Gasteiger charge is 2.52. The molecule has 0 aliphatic carbocycles. The van der Waals surface area contributed by atoms with Gasteiger partial charge in [0.15, 0.2) is 0 Å². The minimum Gasteiger partial charge on any atom is -0.399 e. The molecule has 1 fully saturated rings. The van der Waals surface area contributed by atoms with Crippen molar-refractivity contribution in [1.29, 1.82) is 0 Å². The summed E-state index contributed by atoms with van der Waals surface area (Å²) in [5.74, 6) is -0.0402. The van der Waals surface area contributed by atoms with Crippen LogP contribution in [0.4, 0.5) is 0 Å². The first-order valence-electron chi connectivity index (χ1n) is 7.67. The molecule has 3 heterocycles. The van der Waals surface area contributed by atoms with Crippen LogP contribution in [-0.2, 0) is 20.6 Å². The minimum atomic E-state index is -0.405. The van der Waals surface area contributed by atoms with Crippen molar-refractivity contribution in [3.05, 3.63) is 23.2 Å². The van der Waals surface area contributed by atoms with E-state index in [9.17, 15) is 4.79 Å². The van der Waals surface area contributed by atoms with Crippen molar-refractivity contribution in [3.8, 4) is 0 Å². The Balaban J connectivity index is 1.94. The van der Waals surface area contributed by atoms with Crippen molar-refractivity contribution in [2.75, 3.05) is 0 Å². The lowest BCUT2D eigenvalue weighted by Gasteiger charge is -2.32. The van der Waals surface area contributed by atoms with Crippen LogP contribution in [0.5, 0.6) is 0 Å². The first kappa shape index (κ1) is 16.4. The second kappa shape index (κ2) is 5.58. The number of nitrogens with one attached hydrogen (secondary N) is 1. The van der Waals surface area contributed by atoms with Gasteiger partial charge in [-0.05, 0) is 39.8 Å². The molecule has 3 rings (SSSR count). The molecule has 1 saturated heterocycles. The number of hydrogen-bond acceptors (Lipinski definition) is 5. The summed E-state index contributed by atoms with van der Waals surface area (Å²) in [6.45, 7) is 10.2. The molecule has 7 heteroatoms. The summed E-state index contributed by atoms with van der Waals surface area (Å²) in [7, 11) is -0.405. The number of aromatic nitrogens is 1. The summed E-state index contributed by atoms with van der Waals surface area (Å²) in [5.41, 5.74) is 1.16. The number of pyridine rings is 1. The van der Waals surface area contributed by atoms with E-state index in [4.69, 9.17) is 9.31 Å². The fourth-order valence-electron chi connectivity index (χ4n) is 2.46. The van der Waals surface area contributed by atoms with Gasteiger partial charge in [0, 0.05) is 23.5 Å². The number of fused-ring (bicyclic) bond motifs is 1. The Morgan fingerprint density at radius 1 is 1.30 bits per heavy atom. The van der Waals surface area contributed by atoms with Crippen LogP contribution in [-0.4, -0.2) is 29.2 Å². The molecule has 2 aromatic rings. The molecular formula is C16H21BN2O3S. The van der Waals surface area contributed by atoms with Gasteiger partial charge in [0.2, 0.25) is 5.91 Å². The second-order valence-corrected chi connectivity index (χ2v) is 7.96. The maximum atomic E-state index is 11.1. The Morgan fingerprint density at radius 2 is 1.96 bits per heavy atom. The van der Waals surface area contributed by atoms with Crippen molar-refractivity contribution >= 4 is 40.0 Å². The summed E-state index contributed by atoms with van der Waals surface area (Å²) in [6.07, 6.45) is 1.78. The molecule has 1 aliphatic rings. The Kier molecular flexibility index (Phi) is 3.98. The van der Waals surface area contributed by atoms with Crippen LogP contribution < -0.4 is 10.8 Å². The molecule has 23 heavy (non-hydrogen) atoms. The molecule has 0 unspecified atom stereocenters. The summed E-state index contributed by atoms with van der Waals surface area (Å²) in [5, 5.41) is 2.82. The van der Waals surface area contributed by atoms with Gasteiger partial charge in [0.05, 0.1) is 28.0 Å². The van der Waals surface area contributed by atoms with Gasteiger partial charge in [0.25, 0.3) is 0 Å². The summed E-state index contributed by atoms with van der Waals surface area (Å²) >= 11 is 1.62. The molecular weight excluding hydrogens is 311 g/mol. The SMILES string of the molecule is CC(=O)NCc1cc2nccc(B3OC(C)(C)C(C)(C)O3)c2s1. The van der Waals surface area contributed by atoms with Crippen molar-refractivity contribution in [2.45, 2.75) is 52.4 Å². The Bertz CT molecular complexity index is 741. The van der Waals surface area contributed by atoms with Gasteiger partial charge in [0.1, 0.15) is 0 Å². The van der Waals surface area contributed by atoms with Gasteiger partial charge in [-0.25, -0.2) is 0 Å². The van der Waals surface area contributed by atoms with E-state index in [1.165, 1.54) is 6.92 Å². The third kappa shape index (κ3) is 3.01. The highest BCUT2D eigenvalue weighted by molar-refractivity contribution is 7.20. The normalized spacial score (nSPS) is 19.3. The fourth-order valence-corrected chi connectivity index (χ4v) is 3.54. The molecule has 0 radical (unpaired) electrons. The van der Waals surface area contributed by atoms with Gasteiger partial charge in [-0.3, -0.25) is 9.78 Å². The maximum absolute atomic E-state index is 11.1. The Morgan fingerprint density at radius 3 is 2.57 bits per heavy atom. The fraction of sp³-hybridized carbons (Fsp3) is 0.500. The first-order chi connectivity index (χ1) is 10.7. The largest absolute Gasteiger partial charge is 0.496 e. The van der Waals surface area contributed by atoms with E-state index in [2.05, 4.69) is 10.3 Å². The first-order valence-corrected chi connectivity index (χ1v) is 8.49. The van der Waals surface area contributed by atoms with E-state index in [-0.39, 0.29) is 17.1 Å². The molecule has 0 saturated carbocycles. The zero-order chi connectivity index (χ0) is 16.8.